The highest BCUT2D eigenvalue weighted by Gasteiger charge is 2.26. The first-order valence-corrected chi connectivity index (χ1v) is 10.6. The van der Waals surface area contributed by atoms with Crippen molar-refractivity contribution in [1.29, 1.82) is 0 Å². The minimum atomic E-state index is -0.517. The van der Waals surface area contributed by atoms with Gasteiger partial charge in [0.1, 0.15) is 10.8 Å². The zero-order chi connectivity index (χ0) is 19.5. The van der Waals surface area contributed by atoms with E-state index < -0.39 is 6.10 Å². The molecule has 0 radical (unpaired) electrons. The molecule has 7 heteroatoms. The monoisotopic (exact) mass is 415 g/mol. The van der Waals surface area contributed by atoms with E-state index in [1.165, 1.54) is 4.70 Å². The second-order valence-electron chi connectivity index (χ2n) is 6.89. The number of carbonyl (C=O) groups excluding carboxylic acids is 1. The van der Waals surface area contributed by atoms with Crippen LogP contribution in [0.4, 0.5) is 0 Å². The van der Waals surface area contributed by atoms with Gasteiger partial charge in [0, 0.05) is 31.2 Å². The van der Waals surface area contributed by atoms with Crippen molar-refractivity contribution < 1.29 is 9.53 Å². The first-order valence-electron chi connectivity index (χ1n) is 9.36. The molecule has 2 heterocycles. The molecule has 0 spiro atoms. The van der Waals surface area contributed by atoms with Gasteiger partial charge in [0.05, 0.1) is 16.8 Å². The average molecular weight is 416 g/mol. The van der Waals surface area contributed by atoms with Gasteiger partial charge in [0.15, 0.2) is 6.10 Å². The maximum atomic E-state index is 12.7. The Labute approximate surface area is 173 Å². The molecule has 0 saturated carbocycles. The molecule has 1 atom stereocenters. The Hall–Kier alpha value is -2.15. The zero-order valence-electron chi connectivity index (χ0n) is 15.7. The van der Waals surface area contributed by atoms with Gasteiger partial charge in [-0.15, -0.1) is 11.3 Å². The molecular formula is C21H22ClN3O2S. The van der Waals surface area contributed by atoms with Gasteiger partial charge in [-0.3, -0.25) is 9.69 Å². The van der Waals surface area contributed by atoms with E-state index in [-0.39, 0.29) is 5.91 Å². The minimum Gasteiger partial charge on any atom is -0.481 e. The molecule has 2 aromatic carbocycles. The van der Waals surface area contributed by atoms with Crippen LogP contribution in [0.25, 0.3) is 10.2 Å². The number of ether oxygens (including phenoxy) is 1. The number of halogens is 1. The number of nitrogens with zero attached hydrogens (tertiary/aromatic N) is 3. The van der Waals surface area contributed by atoms with Crippen molar-refractivity contribution in [1.82, 2.24) is 14.8 Å². The van der Waals surface area contributed by atoms with E-state index in [4.69, 9.17) is 21.3 Å². The molecule has 0 unspecified atom stereocenters. The van der Waals surface area contributed by atoms with E-state index in [2.05, 4.69) is 11.0 Å². The van der Waals surface area contributed by atoms with E-state index in [0.29, 0.717) is 23.9 Å². The second-order valence-corrected chi connectivity index (χ2v) is 8.44. The normalized spacial score (nSPS) is 16.3. The van der Waals surface area contributed by atoms with Gasteiger partial charge in [0.2, 0.25) is 0 Å². The van der Waals surface area contributed by atoms with Gasteiger partial charge < -0.3 is 9.64 Å². The number of hydrogen-bond donors (Lipinski definition) is 0. The van der Waals surface area contributed by atoms with Crippen LogP contribution in [0.3, 0.4) is 0 Å². The first kappa shape index (κ1) is 19.2. The Balaban J connectivity index is 1.29. The summed E-state index contributed by atoms with van der Waals surface area (Å²) >= 11 is 7.63. The maximum Gasteiger partial charge on any atom is 0.263 e. The van der Waals surface area contributed by atoms with Gasteiger partial charge in [-0.05, 0) is 43.3 Å². The topological polar surface area (TPSA) is 45.7 Å². The standard InChI is InChI=1S/C21H22ClN3O2S/c1-15(27-17-8-6-16(22)7-9-17)21(26)25-12-10-24(11-13-25)14-20-23-18-4-2-3-5-19(18)28-20/h2-9,15H,10-14H2,1H3/t15-/m0/s1. The number of hydrogen-bond acceptors (Lipinski definition) is 5. The third-order valence-electron chi connectivity index (χ3n) is 4.86. The Kier molecular flexibility index (Phi) is 5.80. The number of thiazole rings is 1. The summed E-state index contributed by atoms with van der Waals surface area (Å²) in [6.07, 6.45) is -0.517. The van der Waals surface area contributed by atoms with Crippen molar-refractivity contribution in [3.8, 4) is 5.75 Å². The number of benzene rings is 2. The summed E-state index contributed by atoms with van der Waals surface area (Å²) in [5.74, 6) is 0.675. The van der Waals surface area contributed by atoms with Crippen LogP contribution in [0.1, 0.15) is 11.9 Å². The lowest BCUT2D eigenvalue weighted by atomic mass is 10.2. The highest BCUT2D eigenvalue weighted by atomic mass is 35.5. The number of piperazine rings is 1. The lowest BCUT2D eigenvalue weighted by Gasteiger charge is -2.35. The van der Waals surface area contributed by atoms with Gasteiger partial charge in [-0.25, -0.2) is 4.98 Å². The first-order chi connectivity index (χ1) is 13.6. The molecule has 28 heavy (non-hydrogen) atoms. The quantitative estimate of drug-likeness (QED) is 0.630. The number of para-hydroxylation sites is 1. The zero-order valence-corrected chi connectivity index (χ0v) is 17.2. The molecule has 0 N–H and O–H groups in total. The van der Waals surface area contributed by atoms with Gasteiger partial charge >= 0.3 is 0 Å². The lowest BCUT2D eigenvalue weighted by Crippen LogP contribution is -2.51. The molecule has 0 aliphatic carbocycles. The summed E-state index contributed by atoms with van der Waals surface area (Å²) < 4.78 is 6.99. The second kappa shape index (κ2) is 8.47. The van der Waals surface area contributed by atoms with E-state index in [1.54, 1.807) is 42.5 Å². The Morgan fingerprint density at radius 1 is 1.14 bits per heavy atom. The largest absolute Gasteiger partial charge is 0.481 e. The summed E-state index contributed by atoms with van der Waals surface area (Å²) in [5.41, 5.74) is 1.06. The number of rotatable bonds is 5. The summed E-state index contributed by atoms with van der Waals surface area (Å²) in [6.45, 7) is 5.73. The van der Waals surface area contributed by atoms with E-state index in [1.807, 2.05) is 23.1 Å². The molecule has 1 aliphatic rings. The highest BCUT2D eigenvalue weighted by Crippen LogP contribution is 2.23. The molecule has 3 aromatic rings. The van der Waals surface area contributed by atoms with Gasteiger partial charge in [0.25, 0.3) is 5.91 Å². The number of aromatic nitrogens is 1. The van der Waals surface area contributed by atoms with Crippen molar-refractivity contribution in [2.75, 3.05) is 26.2 Å². The Morgan fingerprint density at radius 3 is 2.57 bits per heavy atom. The van der Waals surface area contributed by atoms with Crippen LogP contribution in [0.5, 0.6) is 5.75 Å². The van der Waals surface area contributed by atoms with Crippen LogP contribution < -0.4 is 4.74 Å². The molecule has 146 valence electrons. The number of amides is 1. The van der Waals surface area contributed by atoms with Crippen molar-refractivity contribution in [3.63, 3.8) is 0 Å². The molecule has 1 aromatic heterocycles. The molecule has 1 fully saturated rings. The fourth-order valence-electron chi connectivity index (χ4n) is 3.33. The van der Waals surface area contributed by atoms with Crippen LogP contribution >= 0.6 is 22.9 Å². The van der Waals surface area contributed by atoms with Crippen LogP contribution in [-0.4, -0.2) is 53.0 Å². The molecule has 1 aliphatic heterocycles. The third-order valence-corrected chi connectivity index (χ3v) is 6.13. The molecular weight excluding hydrogens is 394 g/mol. The smallest absolute Gasteiger partial charge is 0.263 e. The maximum absolute atomic E-state index is 12.7. The summed E-state index contributed by atoms with van der Waals surface area (Å²) in [4.78, 5) is 21.6. The predicted molar refractivity (Wildman–Crippen MR) is 113 cm³/mol. The van der Waals surface area contributed by atoms with Gasteiger partial charge in [-0.1, -0.05) is 23.7 Å². The summed E-state index contributed by atoms with van der Waals surface area (Å²) in [5, 5.41) is 1.77. The number of fused-ring (bicyclic) bond motifs is 1. The summed E-state index contributed by atoms with van der Waals surface area (Å²) in [6, 6.07) is 15.3. The molecule has 5 nitrogen and oxygen atoms in total. The minimum absolute atomic E-state index is 0.0228. The molecule has 1 amide bonds. The predicted octanol–water partition coefficient (Wildman–Crippen LogP) is 4.06. The fourth-order valence-corrected chi connectivity index (χ4v) is 4.47. The van der Waals surface area contributed by atoms with Crippen LogP contribution in [0.15, 0.2) is 48.5 Å². The van der Waals surface area contributed by atoms with Crippen molar-refractivity contribution in [2.45, 2.75) is 19.6 Å². The lowest BCUT2D eigenvalue weighted by molar-refractivity contribution is -0.139. The third kappa shape index (κ3) is 4.46. The van der Waals surface area contributed by atoms with E-state index in [0.717, 1.165) is 30.2 Å². The van der Waals surface area contributed by atoms with E-state index in [9.17, 15) is 4.79 Å². The van der Waals surface area contributed by atoms with Crippen LogP contribution in [0.2, 0.25) is 5.02 Å². The fraction of sp³-hybridized carbons (Fsp3) is 0.333. The Bertz CT molecular complexity index is 919. The number of carbonyl (C=O) groups is 1. The summed E-state index contributed by atoms with van der Waals surface area (Å²) in [7, 11) is 0. The van der Waals surface area contributed by atoms with Crippen LogP contribution in [-0.2, 0) is 11.3 Å². The van der Waals surface area contributed by atoms with E-state index >= 15 is 0 Å². The molecule has 1 saturated heterocycles. The van der Waals surface area contributed by atoms with Crippen molar-refractivity contribution in [3.05, 3.63) is 58.6 Å². The highest BCUT2D eigenvalue weighted by molar-refractivity contribution is 7.18. The average Bonchev–Trinajstić information content (AvgIpc) is 3.12. The molecule has 4 rings (SSSR count). The molecule has 0 bridgehead atoms. The van der Waals surface area contributed by atoms with Crippen molar-refractivity contribution >= 4 is 39.1 Å². The SMILES string of the molecule is C[C@H](Oc1ccc(Cl)cc1)C(=O)N1CCN(Cc2nc3ccccc3s2)CC1. The van der Waals surface area contributed by atoms with Gasteiger partial charge in [-0.2, -0.15) is 0 Å². The van der Waals surface area contributed by atoms with Crippen molar-refractivity contribution in [2.24, 2.45) is 0 Å². The van der Waals surface area contributed by atoms with Crippen LogP contribution in [0, 0.1) is 0 Å². The Morgan fingerprint density at radius 2 is 1.86 bits per heavy atom.